The number of aliphatic hydroxyl groups is 1. The fourth-order valence-electron chi connectivity index (χ4n) is 2.84. The summed E-state index contributed by atoms with van der Waals surface area (Å²) in [4.78, 5) is 13.3. The van der Waals surface area contributed by atoms with E-state index in [1.807, 2.05) is 31.2 Å². The van der Waals surface area contributed by atoms with E-state index in [9.17, 15) is 9.18 Å². The molecule has 1 heterocycles. The Labute approximate surface area is 146 Å². The first-order valence-electron chi connectivity index (χ1n) is 8.24. The van der Waals surface area contributed by atoms with Crippen LogP contribution < -0.4 is 10.2 Å². The molecule has 5 nitrogen and oxygen atoms in total. The number of halogens is 1. The highest BCUT2D eigenvalue weighted by Gasteiger charge is 2.23. The number of nitrogens with one attached hydrogen (secondary N) is 1. The van der Waals surface area contributed by atoms with Gasteiger partial charge in [-0.2, -0.15) is 0 Å². The monoisotopic (exact) mass is 344 g/mol. The van der Waals surface area contributed by atoms with Gasteiger partial charge in [0, 0.05) is 23.8 Å². The predicted molar refractivity (Wildman–Crippen MR) is 92.7 cm³/mol. The molecule has 0 spiro atoms. The number of anilines is 1. The summed E-state index contributed by atoms with van der Waals surface area (Å²) < 4.78 is 18.4. The van der Waals surface area contributed by atoms with Crippen LogP contribution >= 0.6 is 0 Å². The lowest BCUT2D eigenvalue weighted by Crippen LogP contribution is -2.24. The van der Waals surface area contributed by atoms with Crippen LogP contribution in [-0.2, 0) is 17.9 Å². The molecule has 1 aliphatic rings. The third kappa shape index (κ3) is 3.97. The van der Waals surface area contributed by atoms with E-state index in [1.165, 1.54) is 6.07 Å². The number of hydrogen-bond donors (Lipinski definition) is 2. The lowest BCUT2D eigenvalue weighted by molar-refractivity contribution is 0.181. The van der Waals surface area contributed by atoms with Crippen molar-refractivity contribution >= 4 is 11.8 Å². The van der Waals surface area contributed by atoms with Crippen LogP contribution in [0.3, 0.4) is 0 Å². The summed E-state index contributed by atoms with van der Waals surface area (Å²) in [6.07, 6.45) is -0.319. The van der Waals surface area contributed by atoms with Gasteiger partial charge < -0.3 is 15.2 Å². The molecule has 25 heavy (non-hydrogen) atoms. The summed E-state index contributed by atoms with van der Waals surface area (Å²) in [5.74, 6) is -0.399. The largest absolute Gasteiger partial charge is 0.447 e. The molecule has 3 rings (SSSR count). The Hall–Kier alpha value is -2.44. The van der Waals surface area contributed by atoms with Gasteiger partial charge in [-0.25, -0.2) is 9.18 Å². The van der Waals surface area contributed by atoms with Crippen LogP contribution in [0.25, 0.3) is 0 Å². The number of cyclic esters (lactones) is 1. The van der Waals surface area contributed by atoms with E-state index in [0.29, 0.717) is 25.3 Å². The summed E-state index contributed by atoms with van der Waals surface area (Å²) in [6.45, 7) is 3.23. The van der Waals surface area contributed by atoms with Crippen LogP contribution in [0.1, 0.15) is 29.7 Å². The van der Waals surface area contributed by atoms with E-state index in [-0.39, 0.29) is 18.7 Å². The molecule has 2 N–H and O–H groups in total. The van der Waals surface area contributed by atoms with Crippen molar-refractivity contribution < 1.29 is 19.0 Å². The van der Waals surface area contributed by atoms with Crippen molar-refractivity contribution in [1.29, 1.82) is 0 Å². The highest BCUT2D eigenvalue weighted by atomic mass is 19.1. The normalized spacial score (nSPS) is 15.3. The average Bonchev–Trinajstić information content (AvgIpc) is 3.07. The van der Waals surface area contributed by atoms with Crippen LogP contribution in [0.15, 0.2) is 42.5 Å². The zero-order valence-electron chi connectivity index (χ0n) is 14.0. The molecule has 6 heteroatoms. The molecule has 1 fully saturated rings. The van der Waals surface area contributed by atoms with E-state index in [2.05, 4.69) is 5.32 Å². The Morgan fingerprint density at radius 3 is 2.88 bits per heavy atom. The van der Waals surface area contributed by atoms with Crippen molar-refractivity contribution in [2.24, 2.45) is 0 Å². The Balaban J connectivity index is 1.67. The van der Waals surface area contributed by atoms with Gasteiger partial charge in [-0.3, -0.25) is 4.90 Å². The second-order valence-corrected chi connectivity index (χ2v) is 6.05. The van der Waals surface area contributed by atoms with E-state index in [4.69, 9.17) is 9.84 Å². The molecule has 1 saturated heterocycles. The number of rotatable bonds is 6. The molecule has 0 aliphatic carbocycles. The predicted octanol–water partition coefficient (Wildman–Crippen LogP) is 3.13. The number of benzene rings is 2. The molecule has 0 unspecified atom stereocenters. The van der Waals surface area contributed by atoms with Crippen molar-refractivity contribution in [2.75, 3.05) is 18.1 Å². The van der Waals surface area contributed by atoms with Gasteiger partial charge in [0.05, 0.1) is 13.2 Å². The minimum absolute atomic E-state index is 0.0428. The third-order valence-electron chi connectivity index (χ3n) is 4.34. The van der Waals surface area contributed by atoms with E-state index < -0.39 is 5.82 Å². The Bertz CT molecular complexity index is 766. The number of amides is 1. The zero-order chi connectivity index (χ0) is 17.8. The fraction of sp³-hybridized carbons (Fsp3) is 0.316. The number of nitrogens with zero attached hydrogens (tertiary/aromatic N) is 1. The minimum atomic E-state index is -0.399. The molecular weight excluding hydrogens is 323 g/mol. The number of aliphatic hydroxyl groups excluding tert-OH is 1. The third-order valence-corrected chi connectivity index (χ3v) is 4.34. The van der Waals surface area contributed by atoms with Gasteiger partial charge in [0.1, 0.15) is 12.4 Å². The van der Waals surface area contributed by atoms with Gasteiger partial charge in [0.25, 0.3) is 0 Å². The summed E-state index contributed by atoms with van der Waals surface area (Å²) in [7, 11) is 0. The topological polar surface area (TPSA) is 61.8 Å². The molecule has 132 valence electrons. The molecule has 0 radical (unpaired) electrons. The second kappa shape index (κ2) is 7.63. The Morgan fingerprint density at radius 2 is 2.16 bits per heavy atom. The highest BCUT2D eigenvalue weighted by molar-refractivity contribution is 5.89. The van der Waals surface area contributed by atoms with Crippen molar-refractivity contribution in [1.82, 2.24) is 5.32 Å². The first-order valence-corrected chi connectivity index (χ1v) is 8.24. The van der Waals surface area contributed by atoms with Gasteiger partial charge >= 0.3 is 6.09 Å². The number of carbonyl (C=O) groups is 1. The van der Waals surface area contributed by atoms with Gasteiger partial charge in [-0.1, -0.05) is 18.2 Å². The summed E-state index contributed by atoms with van der Waals surface area (Å²) in [5, 5.41) is 12.5. The first-order chi connectivity index (χ1) is 12.1. The van der Waals surface area contributed by atoms with Gasteiger partial charge in [0.2, 0.25) is 0 Å². The summed E-state index contributed by atoms with van der Waals surface area (Å²) >= 11 is 0. The van der Waals surface area contributed by atoms with Crippen molar-refractivity contribution in [3.05, 3.63) is 65.0 Å². The molecule has 2 aromatic rings. The molecule has 0 aromatic heterocycles. The molecule has 0 saturated carbocycles. The lowest BCUT2D eigenvalue weighted by Gasteiger charge is -2.18. The van der Waals surface area contributed by atoms with E-state index >= 15 is 0 Å². The van der Waals surface area contributed by atoms with Gasteiger partial charge in [0.15, 0.2) is 0 Å². The summed E-state index contributed by atoms with van der Waals surface area (Å²) in [5.41, 5.74) is 3.05. The minimum Gasteiger partial charge on any atom is -0.447 e. The first kappa shape index (κ1) is 17.4. The quantitative estimate of drug-likeness (QED) is 0.845. The maximum Gasteiger partial charge on any atom is 0.414 e. The molecule has 2 aromatic carbocycles. The SMILES string of the molecule is C[C@@H](NCc1ccc(F)c(CO)c1)c1cccc(N2CCOC2=O)c1. The van der Waals surface area contributed by atoms with Crippen molar-refractivity contribution in [3.8, 4) is 0 Å². The molecule has 1 aliphatic heterocycles. The molecule has 0 bridgehead atoms. The van der Waals surface area contributed by atoms with Crippen LogP contribution in [0.4, 0.5) is 14.9 Å². The lowest BCUT2D eigenvalue weighted by atomic mass is 10.1. The van der Waals surface area contributed by atoms with Gasteiger partial charge in [-0.05, 0) is 42.3 Å². The standard InChI is InChI=1S/C19H21FN2O3/c1-13(21-11-14-5-6-18(20)16(9-14)12-23)15-3-2-4-17(10-15)22-7-8-25-19(22)24/h2-6,9-10,13,21,23H,7-8,11-12H2,1H3/t13-/m1/s1. The zero-order valence-corrected chi connectivity index (χ0v) is 14.0. The van der Waals surface area contributed by atoms with E-state index in [1.54, 1.807) is 17.0 Å². The van der Waals surface area contributed by atoms with Crippen molar-refractivity contribution in [3.63, 3.8) is 0 Å². The van der Waals surface area contributed by atoms with Crippen LogP contribution in [0.5, 0.6) is 0 Å². The number of hydrogen-bond acceptors (Lipinski definition) is 4. The van der Waals surface area contributed by atoms with Crippen LogP contribution in [0, 0.1) is 5.82 Å². The average molecular weight is 344 g/mol. The van der Waals surface area contributed by atoms with Crippen LogP contribution in [-0.4, -0.2) is 24.4 Å². The fourth-order valence-corrected chi connectivity index (χ4v) is 2.84. The van der Waals surface area contributed by atoms with Gasteiger partial charge in [-0.15, -0.1) is 0 Å². The summed E-state index contributed by atoms with van der Waals surface area (Å²) in [6, 6.07) is 12.5. The maximum absolute atomic E-state index is 13.4. The highest BCUT2D eigenvalue weighted by Crippen LogP contribution is 2.23. The maximum atomic E-state index is 13.4. The molecule has 1 atom stereocenters. The smallest absolute Gasteiger partial charge is 0.414 e. The van der Waals surface area contributed by atoms with Crippen LogP contribution in [0.2, 0.25) is 0 Å². The Morgan fingerprint density at radius 1 is 1.32 bits per heavy atom. The Kier molecular flexibility index (Phi) is 5.31. The number of carbonyl (C=O) groups excluding carboxylic acids is 1. The van der Waals surface area contributed by atoms with E-state index in [0.717, 1.165) is 16.8 Å². The molecule has 1 amide bonds. The molecular formula is C19H21FN2O3. The van der Waals surface area contributed by atoms with Crippen molar-refractivity contribution in [2.45, 2.75) is 26.1 Å². The second-order valence-electron chi connectivity index (χ2n) is 6.05. The number of ether oxygens (including phenoxy) is 1.